The van der Waals surface area contributed by atoms with Gasteiger partial charge in [-0.1, -0.05) is 50.5 Å². The Kier molecular flexibility index (Phi) is 10.7. The molecule has 5 atom stereocenters. The van der Waals surface area contributed by atoms with Crippen LogP contribution in [0, 0.1) is 11.8 Å². The predicted molar refractivity (Wildman–Crippen MR) is 98.1 cm³/mol. The standard InChI is InChI=1S/C20H34O5/c1-2-3-6-9-15(21)12-13-17-16(18(22)14-19(17)23)10-7-4-5-8-11-20(24)25/h4,7,12-13,15-19,21-23H,2-3,5-6,8-11,14H2,1H3,(H,24,25)/b7-4+,13-12+/t15-,16+,17+,18+,19+/m0/s1. The summed E-state index contributed by atoms with van der Waals surface area (Å²) in [5.41, 5.74) is 0. The highest BCUT2D eigenvalue weighted by molar-refractivity contribution is 5.66. The maximum atomic E-state index is 10.5. The van der Waals surface area contributed by atoms with Gasteiger partial charge in [-0.2, -0.15) is 0 Å². The normalized spacial score (nSPS) is 28.2. The molecule has 1 saturated carbocycles. The Morgan fingerprint density at radius 1 is 1.16 bits per heavy atom. The summed E-state index contributed by atoms with van der Waals surface area (Å²) < 4.78 is 0. The quantitative estimate of drug-likeness (QED) is 0.319. The second-order valence-electron chi connectivity index (χ2n) is 7.05. The zero-order valence-electron chi connectivity index (χ0n) is 15.3. The van der Waals surface area contributed by atoms with Crippen molar-refractivity contribution in [2.45, 2.75) is 83.0 Å². The van der Waals surface area contributed by atoms with Gasteiger partial charge in [-0.25, -0.2) is 0 Å². The Bertz CT molecular complexity index is 432. The number of hydrogen-bond donors (Lipinski definition) is 4. The van der Waals surface area contributed by atoms with Crippen molar-refractivity contribution < 1.29 is 25.2 Å². The molecule has 0 radical (unpaired) electrons. The average molecular weight is 354 g/mol. The molecule has 4 N–H and O–H groups in total. The van der Waals surface area contributed by atoms with Crippen LogP contribution < -0.4 is 0 Å². The van der Waals surface area contributed by atoms with Gasteiger partial charge in [0.05, 0.1) is 18.3 Å². The molecule has 0 aromatic rings. The lowest BCUT2D eigenvalue weighted by Gasteiger charge is -2.19. The molecule has 1 aliphatic rings. The molecular weight excluding hydrogens is 320 g/mol. The molecule has 0 bridgehead atoms. The summed E-state index contributed by atoms with van der Waals surface area (Å²) in [5.74, 6) is -1.00. The van der Waals surface area contributed by atoms with E-state index in [9.17, 15) is 20.1 Å². The molecule has 0 saturated heterocycles. The molecule has 0 aliphatic heterocycles. The Hall–Kier alpha value is -1.17. The molecule has 1 rings (SSSR count). The lowest BCUT2D eigenvalue weighted by molar-refractivity contribution is -0.137. The Balaban J connectivity index is 2.46. The Morgan fingerprint density at radius 3 is 2.60 bits per heavy atom. The van der Waals surface area contributed by atoms with Crippen LogP contribution in [-0.4, -0.2) is 44.7 Å². The second-order valence-corrected chi connectivity index (χ2v) is 7.05. The highest BCUT2D eigenvalue weighted by Gasteiger charge is 2.39. The number of carboxylic acid groups (broad SMARTS) is 1. The van der Waals surface area contributed by atoms with Crippen molar-refractivity contribution >= 4 is 5.97 Å². The van der Waals surface area contributed by atoms with Gasteiger partial charge in [0.25, 0.3) is 0 Å². The molecule has 144 valence electrons. The first-order chi connectivity index (χ1) is 12.0. The molecule has 1 fully saturated rings. The summed E-state index contributed by atoms with van der Waals surface area (Å²) >= 11 is 0. The van der Waals surface area contributed by atoms with E-state index >= 15 is 0 Å². The largest absolute Gasteiger partial charge is 0.481 e. The molecule has 0 heterocycles. The van der Waals surface area contributed by atoms with E-state index in [4.69, 9.17) is 5.11 Å². The zero-order valence-corrected chi connectivity index (χ0v) is 15.3. The highest BCUT2D eigenvalue weighted by atomic mass is 16.4. The van der Waals surface area contributed by atoms with E-state index < -0.39 is 24.3 Å². The molecule has 5 nitrogen and oxygen atoms in total. The van der Waals surface area contributed by atoms with Crippen molar-refractivity contribution in [3.63, 3.8) is 0 Å². The second kappa shape index (κ2) is 12.2. The minimum Gasteiger partial charge on any atom is -0.481 e. The average Bonchev–Trinajstić information content (AvgIpc) is 2.82. The predicted octanol–water partition coefficient (Wildman–Crippen LogP) is 3.04. The molecule has 0 unspecified atom stereocenters. The number of aliphatic hydroxyl groups excluding tert-OH is 3. The maximum absolute atomic E-state index is 10.5. The molecule has 25 heavy (non-hydrogen) atoms. The number of carbonyl (C=O) groups is 1. The SMILES string of the molecule is CCCCC[C@H](O)/C=C/[C@@H]1[C@@H](C/C=C/CCCC(=O)O)[C@H](O)C[C@H]1O. The Labute approximate surface area is 151 Å². The van der Waals surface area contributed by atoms with Crippen molar-refractivity contribution in [3.05, 3.63) is 24.3 Å². The number of rotatable bonds is 12. The fourth-order valence-corrected chi connectivity index (χ4v) is 3.41. The summed E-state index contributed by atoms with van der Waals surface area (Å²) in [5, 5.41) is 39.0. The van der Waals surface area contributed by atoms with E-state index in [-0.39, 0.29) is 18.3 Å². The molecule has 5 heteroatoms. The van der Waals surface area contributed by atoms with E-state index in [1.54, 1.807) is 6.08 Å². The number of aliphatic carboxylic acids is 1. The molecular formula is C20H34O5. The van der Waals surface area contributed by atoms with E-state index in [1.165, 1.54) is 0 Å². The van der Waals surface area contributed by atoms with E-state index in [0.717, 1.165) is 25.7 Å². The van der Waals surface area contributed by atoms with E-state index in [1.807, 2.05) is 18.2 Å². The van der Waals surface area contributed by atoms with Gasteiger partial charge in [-0.05, 0) is 31.6 Å². The van der Waals surface area contributed by atoms with E-state index in [2.05, 4.69) is 6.92 Å². The first kappa shape index (κ1) is 21.9. The lowest BCUT2D eigenvalue weighted by Crippen LogP contribution is -2.20. The summed E-state index contributed by atoms with van der Waals surface area (Å²) in [7, 11) is 0. The van der Waals surface area contributed by atoms with Gasteiger partial charge < -0.3 is 20.4 Å². The van der Waals surface area contributed by atoms with Crippen LogP contribution in [-0.2, 0) is 4.79 Å². The molecule has 0 spiro atoms. The number of hydrogen-bond acceptors (Lipinski definition) is 4. The van der Waals surface area contributed by atoms with Crippen LogP contribution in [0.2, 0.25) is 0 Å². The minimum absolute atomic E-state index is 0.0650. The van der Waals surface area contributed by atoms with Crippen LogP contribution >= 0.6 is 0 Å². The molecule has 1 aliphatic carbocycles. The summed E-state index contributed by atoms with van der Waals surface area (Å²) in [6.07, 6.45) is 12.3. The van der Waals surface area contributed by atoms with E-state index in [0.29, 0.717) is 25.7 Å². The van der Waals surface area contributed by atoms with Crippen molar-refractivity contribution in [2.75, 3.05) is 0 Å². The first-order valence-electron chi connectivity index (χ1n) is 9.55. The van der Waals surface area contributed by atoms with Crippen LogP contribution in [0.25, 0.3) is 0 Å². The van der Waals surface area contributed by atoms with Crippen molar-refractivity contribution in [1.29, 1.82) is 0 Å². The van der Waals surface area contributed by atoms with Crippen molar-refractivity contribution in [3.8, 4) is 0 Å². The fraction of sp³-hybridized carbons (Fsp3) is 0.750. The van der Waals surface area contributed by atoms with Crippen molar-refractivity contribution in [2.24, 2.45) is 11.8 Å². The monoisotopic (exact) mass is 354 g/mol. The van der Waals surface area contributed by atoms with Gasteiger partial charge in [0.1, 0.15) is 0 Å². The summed E-state index contributed by atoms with van der Waals surface area (Å²) in [6.45, 7) is 2.12. The van der Waals surface area contributed by atoms with Crippen LogP contribution in [0.15, 0.2) is 24.3 Å². The molecule has 0 aromatic heterocycles. The van der Waals surface area contributed by atoms with Gasteiger partial charge in [-0.15, -0.1) is 0 Å². The number of unbranched alkanes of at least 4 members (excludes halogenated alkanes) is 3. The van der Waals surface area contributed by atoms with Gasteiger partial charge in [0.2, 0.25) is 0 Å². The number of aliphatic hydroxyl groups is 3. The minimum atomic E-state index is -0.787. The number of allylic oxidation sites excluding steroid dienone is 2. The third kappa shape index (κ3) is 8.66. The van der Waals surface area contributed by atoms with Crippen LogP contribution in [0.3, 0.4) is 0 Å². The maximum Gasteiger partial charge on any atom is 0.303 e. The fourth-order valence-electron chi connectivity index (χ4n) is 3.41. The van der Waals surface area contributed by atoms with Gasteiger partial charge in [0.15, 0.2) is 0 Å². The van der Waals surface area contributed by atoms with Crippen LogP contribution in [0.5, 0.6) is 0 Å². The molecule has 0 aromatic carbocycles. The zero-order chi connectivity index (χ0) is 18.7. The van der Waals surface area contributed by atoms with Crippen LogP contribution in [0.1, 0.15) is 64.7 Å². The third-order valence-electron chi connectivity index (χ3n) is 4.91. The lowest BCUT2D eigenvalue weighted by atomic mass is 9.89. The van der Waals surface area contributed by atoms with Crippen LogP contribution in [0.4, 0.5) is 0 Å². The summed E-state index contributed by atoms with van der Waals surface area (Å²) in [4.78, 5) is 10.5. The van der Waals surface area contributed by atoms with Gasteiger partial charge in [0, 0.05) is 18.8 Å². The highest BCUT2D eigenvalue weighted by Crippen LogP contribution is 2.36. The first-order valence-corrected chi connectivity index (χ1v) is 9.55. The molecule has 0 amide bonds. The topological polar surface area (TPSA) is 98.0 Å². The third-order valence-corrected chi connectivity index (χ3v) is 4.91. The summed E-state index contributed by atoms with van der Waals surface area (Å²) in [6, 6.07) is 0. The van der Waals surface area contributed by atoms with Crippen molar-refractivity contribution in [1.82, 2.24) is 0 Å². The smallest absolute Gasteiger partial charge is 0.303 e. The van der Waals surface area contributed by atoms with Gasteiger partial charge in [-0.3, -0.25) is 4.79 Å². The number of carboxylic acids is 1. The Morgan fingerprint density at radius 2 is 1.92 bits per heavy atom. The van der Waals surface area contributed by atoms with Gasteiger partial charge >= 0.3 is 5.97 Å².